The second-order valence-corrected chi connectivity index (χ2v) is 5.81. The van der Waals surface area contributed by atoms with Gasteiger partial charge in [-0.2, -0.15) is 0 Å². The van der Waals surface area contributed by atoms with Crippen molar-refractivity contribution in [2.75, 3.05) is 13.1 Å². The summed E-state index contributed by atoms with van der Waals surface area (Å²) in [5.41, 5.74) is 1.82. The van der Waals surface area contributed by atoms with Crippen molar-refractivity contribution in [2.24, 2.45) is 0 Å². The van der Waals surface area contributed by atoms with Crippen LogP contribution in [0.25, 0.3) is 11.2 Å². The van der Waals surface area contributed by atoms with Crippen molar-refractivity contribution in [3.05, 3.63) is 22.1 Å². The largest absolute Gasteiger partial charge is 0.329 e. The van der Waals surface area contributed by atoms with Gasteiger partial charge in [-0.25, -0.2) is 4.98 Å². The first-order valence-corrected chi connectivity index (χ1v) is 7.45. The highest BCUT2D eigenvalue weighted by molar-refractivity contribution is 7.71. The summed E-state index contributed by atoms with van der Waals surface area (Å²) in [6.07, 6.45) is 4.18. The molecule has 1 aliphatic heterocycles. The van der Waals surface area contributed by atoms with Crippen LogP contribution in [-0.4, -0.2) is 38.6 Å². The lowest BCUT2D eigenvalue weighted by atomic mass is 10.2. The summed E-state index contributed by atoms with van der Waals surface area (Å²) < 4.78 is 2.83. The van der Waals surface area contributed by atoms with Crippen LogP contribution in [0.1, 0.15) is 19.8 Å². The summed E-state index contributed by atoms with van der Waals surface area (Å²) in [4.78, 5) is 10.1. The number of pyridine rings is 1. The lowest BCUT2D eigenvalue weighted by Crippen LogP contribution is -2.32. The Kier molecular flexibility index (Phi) is 3.60. The number of aromatic nitrogens is 3. The van der Waals surface area contributed by atoms with Gasteiger partial charge in [0.25, 0.3) is 0 Å². The molecule has 0 spiro atoms. The van der Waals surface area contributed by atoms with Gasteiger partial charge in [0, 0.05) is 18.8 Å². The number of rotatable bonds is 3. The lowest BCUT2D eigenvalue weighted by molar-refractivity contribution is 0.245. The van der Waals surface area contributed by atoms with Crippen LogP contribution in [0.4, 0.5) is 0 Å². The molecule has 2 aromatic rings. The molecule has 1 atom stereocenters. The molecule has 0 bridgehead atoms. The summed E-state index contributed by atoms with van der Waals surface area (Å²) in [6.45, 7) is 5.40. The van der Waals surface area contributed by atoms with E-state index in [1.807, 2.05) is 6.07 Å². The Bertz CT molecular complexity index is 648. The molecule has 1 fully saturated rings. The zero-order valence-corrected chi connectivity index (χ0v) is 12.5. The fraction of sp³-hybridized carbons (Fsp3) is 0.538. The third-order valence-corrected chi connectivity index (χ3v) is 4.40. The van der Waals surface area contributed by atoms with E-state index in [4.69, 9.17) is 23.8 Å². The van der Waals surface area contributed by atoms with E-state index in [9.17, 15) is 0 Å². The van der Waals surface area contributed by atoms with E-state index in [-0.39, 0.29) is 0 Å². The van der Waals surface area contributed by atoms with Gasteiger partial charge in [0.15, 0.2) is 10.4 Å². The summed E-state index contributed by atoms with van der Waals surface area (Å²) in [6, 6.07) is 2.44. The average Bonchev–Trinajstić information content (AvgIpc) is 2.95. The normalized spacial score (nSPS) is 20.4. The fourth-order valence-corrected chi connectivity index (χ4v) is 3.35. The van der Waals surface area contributed by atoms with Crippen LogP contribution in [0.15, 0.2) is 12.3 Å². The molecule has 2 aromatic heterocycles. The van der Waals surface area contributed by atoms with Crippen molar-refractivity contribution in [3.8, 4) is 0 Å². The summed E-state index contributed by atoms with van der Waals surface area (Å²) in [5.74, 6) is 0. The zero-order chi connectivity index (χ0) is 13.4. The summed E-state index contributed by atoms with van der Waals surface area (Å²) >= 11 is 11.4. The van der Waals surface area contributed by atoms with Crippen LogP contribution < -0.4 is 0 Å². The molecule has 1 unspecified atom stereocenters. The minimum atomic E-state index is 0.563. The van der Waals surface area contributed by atoms with Crippen LogP contribution in [0.5, 0.6) is 0 Å². The quantitative estimate of drug-likeness (QED) is 0.884. The van der Waals surface area contributed by atoms with Crippen molar-refractivity contribution in [2.45, 2.75) is 32.4 Å². The van der Waals surface area contributed by atoms with Crippen molar-refractivity contribution in [1.82, 2.24) is 19.4 Å². The molecule has 0 amide bonds. The zero-order valence-electron chi connectivity index (χ0n) is 10.9. The van der Waals surface area contributed by atoms with E-state index in [0.717, 1.165) is 29.0 Å². The Hall–Kier alpha value is -0.910. The van der Waals surface area contributed by atoms with Gasteiger partial charge in [0.05, 0.1) is 10.5 Å². The van der Waals surface area contributed by atoms with Crippen LogP contribution >= 0.6 is 23.8 Å². The monoisotopic (exact) mass is 296 g/mol. The van der Waals surface area contributed by atoms with Crippen molar-refractivity contribution >= 4 is 35.0 Å². The fourth-order valence-electron chi connectivity index (χ4n) is 2.92. The number of hydrogen-bond acceptors (Lipinski definition) is 3. The van der Waals surface area contributed by atoms with Gasteiger partial charge in [-0.1, -0.05) is 18.5 Å². The number of hydrogen-bond donors (Lipinski definition) is 1. The molecule has 102 valence electrons. The maximum absolute atomic E-state index is 5.96. The molecule has 1 aliphatic rings. The maximum Gasteiger partial charge on any atom is 0.179 e. The standard InChI is InChI=1S/C13H17ClN4S/c1-2-17-5-3-4-10(17)8-18-12-11(16-13(18)19)6-9(14)7-15-12/h6-7,10H,2-5,8H2,1H3,(H,16,19). The molecule has 0 radical (unpaired) electrons. The van der Waals surface area contributed by atoms with E-state index < -0.39 is 0 Å². The number of likely N-dealkylation sites (N-methyl/N-ethyl adjacent to an activating group) is 1. The van der Waals surface area contributed by atoms with Gasteiger partial charge in [0.1, 0.15) is 0 Å². The van der Waals surface area contributed by atoms with Crippen LogP contribution in [0.2, 0.25) is 5.02 Å². The Labute approximate surface area is 122 Å². The predicted octanol–water partition coefficient (Wildman–Crippen LogP) is 3.23. The predicted molar refractivity (Wildman–Crippen MR) is 80.2 cm³/mol. The minimum absolute atomic E-state index is 0.563. The van der Waals surface area contributed by atoms with Crippen LogP contribution in [-0.2, 0) is 6.54 Å². The second kappa shape index (κ2) is 5.23. The molecule has 6 heteroatoms. The second-order valence-electron chi connectivity index (χ2n) is 4.99. The Morgan fingerprint density at radius 3 is 3.21 bits per heavy atom. The van der Waals surface area contributed by atoms with Gasteiger partial charge in [0.2, 0.25) is 0 Å². The average molecular weight is 297 g/mol. The molecule has 0 aliphatic carbocycles. The molecular weight excluding hydrogens is 280 g/mol. The van der Waals surface area contributed by atoms with E-state index in [1.54, 1.807) is 6.20 Å². The number of nitrogens with one attached hydrogen (secondary N) is 1. The highest BCUT2D eigenvalue weighted by Gasteiger charge is 2.24. The number of fused-ring (bicyclic) bond motifs is 1. The number of likely N-dealkylation sites (tertiary alicyclic amines) is 1. The van der Waals surface area contributed by atoms with Crippen molar-refractivity contribution in [3.63, 3.8) is 0 Å². The number of imidazole rings is 1. The van der Waals surface area contributed by atoms with Crippen molar-refractivity contribution in [1.29, 1.82) is 0 Å². The van der Waals surface area contributed by atoms with E-state index >= 15 is 0 Å². The Morgan fingerprint density at radius 1 is 1.58 bits per heavy atom. The van der Waals surface area contributed by atoms with Gasteiger partial charge in [-0.3, -0.25) is 9.47 Å². The third-order valence-electron chi connectivity index (χ3n) is 3.87. The highest BCUT2D eigenvalue weighted by atomic mass is 35.5. The molecule has 0 saturated carbocycles. The first-order valence-electron chi connectivity index (χ1n) is 6.67. The number of halogens is 1. The number of H-pyrrole nitrogens is 1. The van der Waals surface area contributed by atoms with Gasteiger partial charge in [-0.15, -0.1) is 0 Å². The van der Waals surface area contributed by atoms with Gasteiger partial charge < -0.3 is 4.98 Å². The first kappa shape index (κ1) is 13.1. The topological polar surface area (TPSA) is 36.9 Å². The highest BCUT2D eigenvalue weighted by Crippen LogP contribution is 2.22. The maximum atomic E-state index is 5.96. The summed E-state index contributed by atoms with van der Waals surface area (Å²) in [5, 5.41) is 0.631. The third kappa shape index (κ3) is 2.42. The van der Waals surface area contributed by atoms with Gasteiger partial charge >= 0.3 is 0 Å². The summed E-state index contributed by atoms with van der Waals surface area (Å²) in [7, 11) is 0. The number of nitrogens with zero attached hydrogens (tertiary/aromatic N) is 3. The molecular formula is C13H17ClN4S. The smallest absolute Gasteiger partial charge is 0.179 e. The molecule has 19 heavy (non-hydrogen) atoms. The van der Waals surface area contributed by atoms with Crippen molar-refractivity contribution < 1.29 is 0 Å². The Morgan fingerprint density at radius 2 is 2.42 bits per heavy atom. The minimum Gasteiger partial charge on any atom is -0.329 e. The first-order chi connectivity index (χ1) is 9.19. The molecule has 1 N–H and O–H groups in total. The molecule has 3 rings (SSSR count). The van der Waals surface area contributed by atoms with E-state index in [2.05, 4.69) is 26.4 Å². The molecule has 0 aromatic carbocycles. The van der Waals surface area contributed by atoms with E-state index in [1.165, 1.54) is 19.4 Å². The van der Waals surface area contributed by atoms with Crippen LogP contribution in [0, 0.1) is 4.77 Å². The molecule has 3 heterocycles. The Balaban J connectivity index is 1.96. The number of aromatic amines is 1. The van der Waals surface area contributed by atoms with E-state index in [0.29, 0.717) is 11.1 Å². The van der Waals surface area contributed by atoms with Gasteiger partial charge in [-0.05, 0) is 44.2 Å². The lowest BCUT2D eigenvalue weighted by Gasteiger charge is -2.23. The SMILES string of the molecule is CCN1CCCC1Cn1c(=S)[nH]c2cc(Cl)cnc21. The molecule has 4 nitrogen and oxygen atoms in total. The molecule has 1 saturated heterocycles. The van der Waals surface area contributed by atoms with Crippen LogP contribution in [0.3, 0.4) is 0 Å².